The van der Waals surface area contributed by atoms with Crippen LogP contribution < -0.4 is 5.32 Å². The number of esters is 1. The van der Waals surface area contributed by atoms with Crippen molar-refractivity contribution in [3.63, 3.8) is 0 Å². The molecule has 1 rings (SSSR count). The smallest absolute Gasteiger partial charge is 0.327 e. The fourth-order valence-electron chi connectivity index (χ4n) is 0.857. The van der Waals surface area contributed by atoms with Crippen LogP contribution in [0.2, 0.25) is 0 Å². The average molecular weight is 243 g/mol. The second-order valence-corrected chi connectivity index (χ2v) is 3.95. The molecule has 1 heterocycles. The number of hydrogen-bond acceptors (Lipinski definition) is 6. The molecule has 0 aromatic carbocycles. The van der Waals surface area contributed by atoms with Gasteiger partial charge in [-0.25, -0.2) is 0 Å². The summed E-state index contributed by atoms with van der Waals surface area (Å²) in [5.41, 5.74) is 0. The fraction of sp³-hybridized carbons (Fsp3) is 0.556. The van der Waals surface area contributed by atoms with Gasteiger partial charge < -0.3 is 10.1 Å². The Morgan fingerprint density at radius 1 is 1.31 bits per heavy atom. The molecule has 1 aliphatic rings. The Bertz CT molecular complexity index is 342. The number of thioether (sulfide) groups is 1. The molecule has 7 heteroatoms. The molecule has 0 unspecified atom stereocenters. The standard InChI is InChI=1S/C9H13N3O3S/c1-3-15-7(14)5-11-9-12-8(16-9)10-4-6(2)13/h3-5H2,1-2H3,(H,10,11,12). The predicted octanol–water partition coefficient (Wildman–Crippen LogP) is 0.187. The summed E-state index contributed by atoms with van der Waals surface area (Å²) >= 11 is 1.30. The molecule has 0 saturated carbocycles. The first kappa shape index (κ1) is 12.7. The van der Waals surface area contributed by atoms with Crippen LogP contribution in [0.15, 0.2) is 9.98 Å². The third-order valence-electron chi connectivity index (χ3n) is 1.51. The minimum absolute atomic E-state index is 0.00314. The first-order chi connectivity index (χ1) is 7.61. The number of hydrogen-bond donors (Lipinski definition) is 1. The van der Waals surface area contributed by atoms with E-state index in [-0.39, 0.29) is 24.8 Å². The number of carbonyl (C=O) groups is 2. The number of ether oxygens (including phenoxy) is 1. The lowest BCUT2D eigenvalue weighted by Gasteiger charge is -2.19. The van der Waals surface area contributed by atoms with Crippen LogP contribution in [0.3, 0.4) is 0 Å². The normalized spacial score (nSPS) is 19.1. The number of aliphatic imine (C=N–C) groups is 2. The summed E-state index contributed by atoms with van der Waals surface area (Å²) in [4.78, 5) is 29.5. The number of nitrogens with zero attached hydrogens (tertiary/aromatic N) is 2. The maximum atomic E-state index is 10.9. The van der Waals surface area contributed by atoms with Gasteiger partial charge in [-0.2, -0.15) is 0 Å². The van der Waals surface area contributed by atoms with Crippen LogP contribution in [0.5, 0.6) is 0 Å². The van der Waals surface area contributed by atoms with Gasteiger partial charge in [-0.1, -0.05) is 0 Å². The Balaban J connectivity index is 2.24. The summed E-state index contributed by atoms with van der Waals surface area (Å²) in [6.07, 6.45) is 0. The zero-order valence-electron chi connectivity index (χ0n) is 9.15. The second-order valence-electron chi connectivity index (χ2n) is 2.98. The van der Waals surface area contributed by atoms with E-state index in [2.05, 4.69) is 15.3 Å². The lowest BCUT2D eigenvalue weighted by atomic mass is 10.5. The molecule has 0 aromatic heterocycles. The van der Waals surface area contributed by atoms with Crippen molar-refractivity contribution in [3.8, 4) is 0 Å². The lowest BCUT2D eigenvalue weighted by molar-refractivity contribution is -0.141. The number of amidine groups is 2. The Labute approximate surface area is 97.6 Å². The molecule has 0 spiro atoms. The van der Waals surface area contributed by atoms with E-state index in [9.17, 15) is 9.59 Å². The summed E-state index contributed by atoms with van der Waals surface area (Å²) in [6, 6.07) is 0. The van der Waals surface area contributed by atoms with Crippen molar-refractivity contribution in [1.82, 2.24) is 5.32 Å². The molecule has 1 N–H and O–H groups in total. The first-order valence-corrected chi connectivity index (χ1v) is 5.62. The lowest BCUT2D eigenvalue weighted by Crippen LogP contribution is -2.39. The Morgan fingerprint density at radius 2 is 1.88 bits per heavy atom. The third kappa shape index (κ3) is 4.43. The van der Waals surface area contributed by atoms with Crippen LogP contribution in [0, 0.1) is 0 Å². The quantitative estimate of drug-likeness (QED) is 0.697. The van der Waals surface area contributed by atoms with Crippen molar-refractivity contribution >= 4 is 33.8 Å². The topological polar surface area (TPSA) is 80.1 Å². The van der Waals surface area contributed by atoms with Gasteiger partial charge in [0.1, 0.15) is 13.1 Å². The van der Waals surface area contributed by atoms with Crippen LogP contribution in [-0.4, -0.2) is 41.8 Å². The molecule has 1 aliphatic heterocycles. The molecule has 0 bridgehead atoms. The number of ketones is 1. The van der Waals surface area contributed by atoms with Crippen molar-refractivity contribution in [2.75, 3.05) is 19.7 Å². The average Bonchev–Trinajstić information content (AvgIpc) is 2.14. The molecule has 0 aromatic rings. The SMILES string of the molecule is CCOC(=O)CN=C1NC(=NCC(C)=O)S1. The van der Waals surface area contributed by atoms with Crippen LogP contribution in [0.25, 0.3) is 0 Å². The zero-order valence-corrected chi connectivity index (χ0v) is 9.97. The molecule has 0 amide bonds. The van der Waals surface area contributed by atoms with Gasteiger partial charge in [-0.3, -0.25) is 19.6 Å². The number of Topliss-reactive ketones (excluding diaryl/α,β-unsaturated/α-hetero) is 1. The van der Waals surface area contributed by atoms with Gasteiger partial charge >= 0.3 is 5.97 Å². The third-order valence-corrected chi connectivity index (χ3v) is 2.36. The van der Waals surface area contributed by atoms with Crippen molar-refractivity contribution in [1.29, 1.82) is 0 Å². The molecule has 0 atom stereocenters. The Morgan fingerprint density at radius 3 is 2.38 bits per heavy atom. The molecule has 16 heavy (non-hydrogen) atoms. The van der Waals surface area contributed by atoms with E-state index in [1.165, 1.54) is 18.7 Å². The van der Waals surface area contributed by atoms with Crippen LogP contribution in [0.1, 0.15) is 13.8 Å². The summed E-state index contributed by atoms with van der Waals surface area (Å²) in [5.74, 6) is -0.349. The Kier molecular flexibility index (Phi) is 4.97. The van der Waals surface area contributed by atoms with Crippen LogP contribution in [-0.2, 0) is 14.3 Å². The van der Waals surface area contributed by atoms with Gasteiger partial charge in [0.2, 0.25) is 0 Å². The van der Waals surface area contributed by atoms with E-state index in [0.717, 1.165) is 0 Å². The molecule has 0 aliphatic carbocycles. The van der Waals surface area contributed by atoms with E-state index in [0.29, 0.717) is 16.9 Å². The number of carbonyl (C=O) groups excluding carboxylic acids is 2. The van der Waals surface area contributed by atoms with Crippen molar-refractivity contribution in [2.45, 2.75) is 13.8 Å². The second kappa shape index (κ2) is 6.26. The minimum Gasteiger partial charge on any atom is -0.465 e. The molecule has 6 nitrogen and oxygen atoms in total. The van der Waals surface area contributed by atoms with Gasteiger partial charge in [0, 0.05) is 0 Å². The van der Waals surface area contributed by atoms with E-state index < -0.39 is 0 Å². The summed E-state index contributed by atoms with van der Waals surface area (Å²) in [5, 5.41) is 4.11. The maximum Gasteiger partial charge on any atom is 0.327 e. The molecule has 1 fully saturated rings. The van der Waals surface area contributed by atoms with Crippen LogP contribution in [0.4, 0.5) is 0 Å². The molecule has 0 radical (unpaired) electrons. The van der Waals surface area contributed by atoms with Gasteiger partial charge in [0.15, 0.2) is 16.1 Å². The minimum atomic E-state index is -0.355. The van der Waals surface area contributed by atoms with Crippen molar-refractivity contribution in [3.05, 3.63) is 0 Å². The zero-order chi connectivity index (χ0) is 12.0. The largest absolute Gasteiger partial charge is 0.465 e. The van der Waals surface area contributed by atoms with Gasteiger partial charge in [0.25, 0.3) is 0 Å². The van der Waals surface area contributed by atoms with E-state index in [1.54, 1.807) is 6.92 Å². The molecular formula is C9H13N3O3S. The fourth-order valence-corrected chi connectivity index (χ4v) is 1.44. The van der Waals surface area contributed by atoms with Crippen molar-refractivity contribution < 1.29 is 14.3 Å². The summed E-state index contributed by atoms with van der Waals surface area (Å²) in [6.45, 7) is 3.75. The van der Waals surface area contributed by atoms with Crippen molar-refractivity contribution in [2.24, 2.45) is 9.98 Å². The highest BCUT2D eigenvalue weighted by Crippen LogP contribution is 2.14. The highest BCUT2D eigenvalue weighted by molar-refractivity contribution is 8.29. The monoisotopic (exact) mass is 243 g/mol. The molecule has 1 saturated heterocycles. The van der Waals surface area contributed by atoms with Gasteiger partial charge in [-0.05, 0) is 25.6 Å². The molecule has 88 valence electrons. The molecular weight excluding hydrogens is 230 g/mol. The predicted molar refractivity (Wildman–Crippen MR) is 62.6 cm³/mol. The maximum absolute atomic E-state index is 10.9. The number of rotatable bonds is 5. The first-order valence-electron chi connectivity index (χ1n) is 4.80. The number of nitrogens with one attached hydrogen (secondary N) is 1. The van der Waals surface area contributed by atoms with E-state index in [4.69, 9.17) is 4.74 Å². The van der Waals surface area contributed by atoms with Gasteiger partial charge in [-0.15, -0.1) is 0 Å². The van der Waals surface area contributed by atoms with Gasteiger partial charge in [0.05, 0.1) is 6.61 Å². The van der Waals surface area contributed by atoms with Crippen LogP contribution >= 0.6 is 11.8 Å². The highest BCUT2D eigenvalue weighted by Gasteiger charge is 2.19. The summed E-state index contributed by atoms with van der Waals surface area (Å²) < 4.78 is 4.71. The summed E-state index contributed by atoms with van der Waals surface area (Å²) in [7, 11) is 0. The Hall–Kier alpha value is -1.37. The van der Waals surface area contributed by atoms with E-state index in [1.807, 2.05) is 0 Å². The van der Waals surface area contributed by atoms with E-state index >= 15 is 0 Å². The highest BCUT2D eigenvalue weighted by atomic mass is 32.2.